The Morgan fingerprint density at radius 1 is 1.29 bits per heavy atom. The van der Waals surface area contributed by atoms with Crippen LogP contribution in [0.25, 0.3) is 0 Å². The molecule has 2 aliphatic rings. The van der Waals surface area contributed by atoms with Crippen LogP contribution < -0.4 is 4.74 Å². The number of rotatable bonds is 1. The van der Waals surface area contributed by atoms with E-state index in [-0.39, 0.29) is 11.5 Å². The quantitative estimate of drug-likeness (QED) is 0.806. The van der Waals surface area contributed by atoms with Gasteiger partial charge in [-0.3, -0.25) is 0 Å². The van der Waals surface area contributed by atoms with Crippen LogP contribution in [0.15, 0.2) is 18.2 Å². The van der Waals surface area contributed by atoms with Crippen molar-refractivity contribution in [1.29, 1.82) is 0 Å². The molecule has 1 N–H and O–H groups in total. The molecule has 2 aliphatic carbocycles. The molecule has 3 rings (SSSR count). The summed E-state index contributed by atoms with van der Waals surface area (Å²) < 4.78 is 5.34. The van der Waals surface area contributed by atoms with E-state index in [1.165, 1.54) is 24.0 Å². The van der Waals surface area contributed by atoms with E-state index in [0.717, 1.165) is 31.4 Å². The fourth-order valence-corrected chi connectivity index (χ4v) is 3.72. The molecule has 0 aliphatic heterocycles. The molecule has 1 aromatic carbocycles. The minimum atomic E-state index is -0.162. The van der Waals surface area contributed by atoms with Crippen molar-refractivity contribution in [3.05, 3.63) is 29.3 Å². The Morgan fingerprint density at radius 3 is 2.76 bits per heavy atom. The summed E-state index contributed by atoms with van der Waals surface area (Å²) in [7, 11) is 1.71. The van der Waals surface area contributed by atoms with Crippen molar-refractivity contribution in [3.8, 4) is 5.75 Å². The van der Waals surface area contributed by atoms with E-state index in [4.69, 9.17) is 4.74 Å². The Balaban J connectivity index is 2.12. The van der Waals surface area contributed by atoms with Crippen molar-refractivity contribution in [1.82, 2.24) is 0 Å². The average Bonchev–Trinajstić information content (AvgIpc) is 2.85. The zero-order chi connectivity index (χ0) is 11.9. The highest BCUT2D eigenvalue weighted by Crippen LogP contribution is 2.49. The lowest BCUT2D eigenvalue weighted by Crippen LogP contribution is -2.41. The number of aliphatic hydroxyl groups is 1. The van der Waals surface area contributed by atoms with Gasteiger partial charge in [-0.2, -0.15) is 0 Å². The summed E-state index contributed by atoms with van der Waals surface area (Å²) >= 11 is 0. The van der Waals surface area contributed by atoms with Crippen molar-refractivity contribution >= 4 is 0 Å². The zero-order valence-corrected chi connectivity index (χ0v) is 10.4. The standard InChI is InChI=1S/C15H20O2/c1-17-12-6-4-11-5-7-14(16)15(13(11)10-12)8-2-3-9-15/h4,6,10,14,16H,2-3,5,7-9H2,1H3. The fraction of sp³-hybridized carbons (Fsp3) is 0.600. The van der Waals surface area contributed by atoms with Gasteiger partial charge in [0.05, 0.1) is 13.2 Å². The maximum absolute atomic E-state index is 10.4. The van der Waals surface area contributed by atoms with E-state index in [1.807, 2.05) is 6.07 Å². The fourth-order valence-electron chi connectivity index (χ4n) is 3.72. The first-order chi connectivity index (χ1) is 8.26. The number of hydrogen-bond acceptors (Lipinski definition) is 2. The molecule has 0 radical (unpaired) electrons. The second kappa shape index (κ2) is 4.02. The van der Waals surface area contributed by atoms with Gasteiger partial charge in [-0.05, 0) is 48.9 Å². The molecular weight excluding hydrogens is 212 g/mol. The number of aliphatic hydroxyl groups excluding tert-OH is 1. The highest BCUT2D eigenvalue weighted by molar-refractivity contribution is 5.44. The predicted octanol–water partition coefficient (Wildman–Crippen LogP) is 2.81. The highest BCUT2D eigenvalue weighted by Gasteiger charge is 2.45. The number of benzene rings is 1. The average molecular weight is 232 g/mol. The topological polar surface area (TPSA) is 29.5 Å². The van der Waals surface area contributed by atoms with Crippen LogP contribution in [0.1, 0.15) is 43.2 Å². The molecule has 0 saturated heterocycles. The Bertz CT molecular complexity index is 419. The minimum Gasteiger partial charge on any atom is -0.497 e. The Morgan fingerprint density at radius 2 is 2.06 bits per heavy atom. The van der Waals surface area contributed by atoms with E-state index < -0.39 is 0 Å². The largest absolute Gasteiger partial charge is 0.497 e. The molecule has 92 valence electrons. The lowest BCUT2D eigenvalue weighted by molar-refractivity contribution is 0.0660. The highest BCUT2D eigenvalue weighted by atomic mass is 16.5. The maximum Gasteiger partial charge on any atom is 0.119 e. The third-order valence-electron chi connectivity index (χ3n) is 4.67. The Labute approximate surface area is 103 Å². The monoisotopic (exact) mass is 232 g/mol. The summed E-state index contributed by atoms with van der Waals surface area (Å²) in [6, 6.07) is 6.38. The third-order valence-corrected chi connectivity index (χ3v) is 4.67. The normalized spacial score (nSPS) is 25.9. The van der Waals surface area contributed by atoms with Crippen molar-refractivity contribution in [2.24, 2.45) is 0 Å². The Hall–Kier alpha value is -1.02. The van der Waals surface area contributed by atoms with Crippen molar-refractivity contribution in [2.45, 2.75) is 50.0 Å². The van der Waals surface area contributed by atoms with Gasteiger partial charge >= 0.3 is 0 Å². The summed E-state index contributed by atoms with van der Waals surface area (Å²) in [5.41, 5.74) is 2.80. The molecule has 1 saturated carbocycles. The summed E-state index contributed by atoms with van der Waals surface area (Å²) in [4.78, 5) is 0. The first kappa shape index (κ1) is 11.1. The molecule has 0 bridgehead atoms. The molecule has 17 heavy (non-hydrogen) atoms. The zero-order valence-electron chi connectivity index (χ0n) is 10.4. The summed E-state index contributed by atoms with van der Waals surface area (Å²) in [5, 5.41) is 10.4. The van der Waals surface area contributed by atoms with Crippen LogP contribution in [0.5, 0.6) is 5.75 Å². The maximum atomic E-state index is 10.4. The molecule has 1 spiro atoms. The number of ether oxygens (including phenoxy) is 1. The second-order valence-corrected chi connectivity index (χ2v) is 5.44. The minimum absolute atomic E-state index is 0.0299. The van der Waals surface area contributed by atoms with Crippen LogP contribution in [0.4, 0.5) is 0 Å². The van der Waals surface area contributed by atoms with Crippen molar-refractivity contribution in [3.63, 3.8) is 0 Å². The van der Waals surface area contributed by atoms with Gasteiger partial charge in [-0.25, -0.2) is 0 Å². The molecule has 1 fully saturated rings. The van der Waals surface area contributed by atoms with Gasteiger partial charge in [0.1, 0.15) is 5.75 Å². The van der Waals surface area contributed by atoms with Gasteiger partial charge < -0.3 is 9.84 Å². The van der Waals surface area contributed by atoms with Gasteiger partial charge in [0, 0.05) is 5.41 Å². The number of aryl methyl sites for hydroxylation is 1. The van der Waals surface area contributed by atoms with Gasteiger partial charge in [-0.1, -0.05) is 18.9 Å². The molecule has 2 nitrogen and oxygen atoms in total. The SMILES string of the molecule is COc1ccc2c(c1)C1(CCCC1)C(O)CC2. The number of hydrogen-bond donors (Lipinski definition) is 1. The van der Waals surface area contributed by atoms with Crippen LogP contribution >= 0.6 is 0 Å². The van der Waals surface area contributed by atoms with Crippen LogP contribution in [0.3, 0.4) is 0 Å². The first-order valence-corrected chi connectivity index (χ1v) is 6.62. The van der Waals surface area contributed by atoms with E-state index in [9.17, 15) is 5.11 Å². The van der Waals surface area contributed by atoms with Crippen LogP contribution in [-0.2, 0) is 11.8 Å². The molecule has 0 heterocycles. The van der Waals surface area contributed by atoms with E-state index >= 15 is 0 Å². The van der Waals surface area contributed by atoms with E-state index in [2.05, 4.69) is 12.1 Å². The molecule has 0 amide bonds. The summed E-state index contributed by atoms with van der Waals surface area (Å²) in [6.07, 6.45) is 6.51. The van der Waals surface area contributed by atoms with Gasteiger partial charge in [0.25, 0.3) is 0 Å². The first-order valence-electron chi connectivity index (χ1n) is 6.62. The smallest absolute Gasteiger partial charge is 0.119 e. The third kappa shape index (κ3) is 1.58. The molecule has 1 atom stereocenters. The van der Waals surface area contributed by atoms with Gasteiger partial charge in [0.2, 0.25) is 0 Å². The molecule has 0 aromatic heterocycles. The summed E-state index contributed by atoms with van der Waals surface area (Å²) in [6.45, 7) is 0. The van der Waals surface area contributed by atoms with Crippen LogP contribution in [-0.4, -0.2) is 18.3 Å². The lowest BCUT2D eigenvalue weighted by Gasteiger charge is -2.40. The van der Waals surface area contributed by atoms with E-state index in [0.29, 0.717) is 0 Å². The number of methoxy groups -OCH3 is 1. The van der Waals surface area contributed by atoms with Crippen LogP contribution in [0, 0.1) is 0 Å². The predicted molar refractivity (Wildman–Crippen MR) is 67.5 cm³/mol. The van der Waals surface area contributed by atoms with Gasteiger partial charge in [0.15, 0.2) is 0 Å². The molecule has 1 aromatic rings. The van der Waals surface area contributed by atoms with Gasteiger partial charge in [-0.15, -0.1) is 0 Å². The van der Waals surface area contributed by atoms with Crippen molar-refractivity contribution in [2.75, 3.05) is 7.11 Å². The lowest BCUT2D eigenvalue weighted by atomic mass is 9.67. The van der Waals surface area contributed by atoms with Crippen molar-refractivity contribution < 1.29 is 9.84 Å². The second-order valence-electron chi connectivity index (χ2n) is 5.44. The molecule has 1 unspecified atom stereocenters. The molecule has 2 heteroatoms. The van der Waals surface area contributed by atoms with Crippen LogP contribution in [0.2, 0.25) is 0 Å². The van der Waals surface area contributed by atoms with E-state index in [1.54, 1.807) is 7.11 Å². The molecular formula is C15H20O2. The number of fused-ring (bicyclic) bond motifs is 2. The Kier molecular flexibility index (Phi) is 2.62. The summed E-state index contributed by atoms with van der Waals surface area (Å²) in [5.74, 6) is 0.920.